The molecule has 3 unspecified atom stereocenters. The van der Waals surface area contributed by atoms with E-state index in [0.29, 0.717) is 17.1 Å². The van der Waals surface area contributed by atoms with E-state index in [1.54, 1.807) is 0 Å². The van der Waals surface area contributed by atoms with E-state index in [0.717, 1.165) is 0 Å². The average molecular weight is 377 g/mol. The van der Waals surface area contributed by atoms with Gasteiger partial charge in [0.05, 0.1) is 0 Å². The first kappa shape index (κ1) is 16.2. The Labute approximate surface area is 169 Å². The molecule has 1 aliphatic carbocycles. The van der Waals surface area contributed by atoms with Crippen LogP contribution in [0.4, 0.5) is 0 Å². The van der Waals surface area contributed by atoms with Crippen LogP contribution in [0.15, 0.2) is 102 Å². The summed E-state index contributed by atoms with van der Waals surface area (Å²) < 4.78 is 0. The van der Waals surface area contributed by atoms with Gasteiger partial charge in [-0.05, 0) is 39.1 Å². The summed E-state index contributed by atoms with van der Waals surface area (Å²) in [5.41, 5.74) is 5.77. The van der Waals surface area contributed by atoms with E-state index in [9.17, 15) is 0 Å². The van der Waals surface area contributed by atoms with Gasteiger partial charge in [-0.2, -0.15) is 0 Å². The molecular weight excluding hydrogens is 356 g/mol. The van der Waals surface area contributed by atoms with E-state index in [1.807, 2.05) is 11.8 Å². The lowest BCUT2D eigenvalue weighted by molar-refractivity contribution is 0.601. The van der Waals surface area contributed by atoms with Gasteiger partial charge in [-0.3, -0.25) is 0 Å². The second kappa shape index (κ2) is 6.39. The van der Waals surface area contributed by atoms with Crippen LogP contribution in [0.1, 0.15) is 34.1 Å². The summed E-state index contributed by atoms with van der Waals surface area (Å²) in [5.74, 6) is 0.812. The Morgan fingerprint density at radius 1 is 0.679 bits per heavy atom. The molecule has 1 aliphatic heterocycles. The SMILES string of the molecule is C1=CC2Sc3ccc4ccccc4c3C(c3ccccc3)C2c2ccccc21. The topological polar surface area (TPSA) is 0 Å². The molecule has 3 atom stereocenters. The van der Waals surface area contributed by atoms with Crippen LogP contribution in [0.3, 0.4) is 0 Å². The van der Waals surface area contributed by atoms with Crippen LogP contribution in [0.5, 0.6) is 0 Å². The van der Waals surface area contributed by atoms with Crippen LogP contribution in [0.2, 0.25) is 0 Å². The minimum absolute atomic E-state index is 0.361. The fourth-order valence-electron chi connectivity index (χ4n) is 5.00. The zero-order chi connectivity index (χ0) is 18.5. The van der Waals surface area contributed by atoms with Crippen molar-refractivity contribution in [1.29, 1.82) is 0 Å². The highest BCUT2D eigenvalue weighted by Crippen LogP contribution is 2.56. The number of hydrogen-bond acceptors (Lipinski definition) is 1. The van der Waals surface area contributed by atoms with Crippen molar-refractivity contribution in [3.05, 3.63) is 119 Å². The van der Waals surface area contributed by atoms with Crippen LogP contribution in [0, 0.1) is 0 Å². The molecule has 0 saturated heterocycles. The molecule has 28 heavy (non-hydrogen) atoms. The second-order valence-electron chi connectivity index (χ2n) is 7.68. The van der Waals surface area contributed by atoms with Crippen molar-refractivity contribution < 1.29 is 0 Å². The molecule has 0 N–H and O–H groups in total. The van der Waals surface area contributed by atoms with Gasteiger partial charge in [0.15, 0.2) is 0 Å². The Hall–Kier alpha value is -2.77. The molecule has 0 radical (unpaired) electrons. The van der Waals surface area contributed by atoms with Crippen molar-refractivity contribution in [3.63, 3.8) is 0 Å². The van der Waals surface area contributed by atoms with Crippen molar-refractivity contribution in [2.24, 2.45) is 0 Å². The first-order valence-corrected chi connectivity index (χ1v) is 10.8. The van der Waals surface area contributed by atoms with Gasteiger partial charge in [-0.15, -0.1) is 11.8 Å². The van der Waals surface area contributed by atoms with Crippen LogP contribution in [-0.2, 0) is 0 Å². The molecular formula is C27H20S. The molecule has 0 amide bonds. The molecule has 1 heterocycles. The number of rotatable bonds is 1. The fraction of sp³-hybridized carbons (Fsp3) is 0.111. The van der Waals surface area contributed by atoms with Crippen LogP contribution in [0.25, 0.3) is 16.8 Å². The summed E-state index contributed by atoms with van der Waals surface area (Å²) in [6.45, 7) is 0. The van der Waals surface area contributed by atoms with E-state index < -0.39 is 0 Å². The van der Waals surface area contributed by atoms with E-state index in [2.05, 4.69) is 103 Å². The minimum atomic E-state index is 0.361. The Kier molecular flexibility index (Phi) is 3.70. The summed E-state index contributed by atoms with van der Waals surface area (Å²) >= 11 is 2.03. The Morgan fingerprint density at radius 2 is 1.46 bits per heavy atom. The molecule has 1 heteroatoms. The van der Waals surface area contributed by atoms with Gasteiger partial charge in [0.1, 0.15) is 0 Å². The summed E-state index contributed by atoms with van der Waals surface area (Å²) in [6.07, 6.45) is 4.74. The highest BCUT2D eigenvalue weighted by molar-refractivity contribution is 8.00. The predicted octanol–water partition coefficient (Wildman–Crippen LogP) is 7.26. The fourth-order valence-corrected chi connectivity index (χ4v) is 6.41. The lowest BCUT2D eigenvalue weighted by Gasteiger charge is -2.41. The molecule has 2 aliphatic rings. The molecule has 0 fully saturated rings. The summed E-state index contributed by atoms with van der Waals surface area (Å²) in [5, 5.41) is 3.20. The molecule has 134 valence electrons. The zero-order valence-electron chi connectivity index (χ0n) is 15.5. The first-order chi connectivity index (χ1) is 13.9. The third-order valence-electron chi connectivity index (χ3n) is 6.20. The van der Waals surface area contributed by atoms with E-state index in [4.69, 9.17) is 0 Å². The molecule has 0 aromatic heterocycles. The summed E-state index contributed by atoms with van der Waals surface area (Å²) in [4.78, 5) is 1.43. The predicted molar refractivity (Wildman–Crippen MR) is 120 cm³/mol. The summed E-state index contributed by atoms with van der Waals surface area (Å²) in [7, 11) is 0. The van der Waals surface area contributed by atoms with Gasteiger partial charge in [0.2, 0.25) is 0 Å². The normalized spacial score (nSPS) is 22.4. The van der Waals surface area contributed by atoms with Gasteiger partial charge in [-0.1, -0.05) is 97.1 Å². The molecule has 0 spiro atoms. The first-order valence-electron chi connectivity index (χ1n) is 9.90. The lowest BCUT2D eigenvalue weighted by Crippen LogP contribution is -2.29. The number of hydrogen-bond donors (Lipinski definition) is 0. The molecule has 4 aromatic carbocycles. The maximum Gasteiger partial charge on any atom is 0.0355 e. The standard InChI is InChI=1S/C27H20S/c1-2-10-20(11-3-1)25-26-21-12-6-4-8-18(21)14-16-23(26)28-24-17-15-19-9-5-7-13-22(19)27(24)25/h1-17,23,25-26H. The van der Waals surface area contributed by atoms with Crippen molar-refractivity contribution in [2.45, 2.75) is 22.0 Å². The quantitative estimate of drug-likeness (QED) is 0.337. The van der Waals surface area contributed by atoms with Crippen LogP contribution in [-0.4, -0.2) is 5.25 Å². The average Bonchev–Trinajstić information content (AvgIpc) is 2.78. The summed E-state index contributed by atoms with van der Waals surface area (Å²) in [6, 6.07) is 33.5. The highest BCUT2D eigenvalue weighted by atomic mass is 32.2. The second-order valence-corrected chi connectivity index (χ2v) is 8.90. The van der Waals surface area contributed by atoms with Crippen LogP contribution >= 0.6 is 11.8 Å². The van der Waals surface area contributed by atoms with E-state index in [1.165, 1.54) is 37.9 Å². The van der Waals surface area contributed by atoms with Gasteiger partial charge >= 0.3 is 0 Å². The van der Waals surface area contributed by atoms with Gasteiger partial charge in [-0.25, -0.2) is 0 Å². The van der Waals surface area contributed by atoms with Crippen LogP contribution < -0.4 is 0 Å². The molecule has 0 bridgehead atoms. The monoisotopic (exact) mass is 376 g/mol. The van der Waals surface area contributed by atoms with Crippen molar-refractivity contribution in [1.82, 2.24) is 0 Å². The van der Waals surface area contributed by atoms with Gasteiger partial charge in [0.25, 0.3) is 0 Å². The molecule has 0 nitrogen and oxygen atoms in total. The third-order valence-corrected chi connectivity index (χ3v) is 7.53. The molecule has 0 saturated carbocycles. The van der Waals surface area contributed by atoms with Gasteiger partial charge in [0, 0.05) is 22.0 Å². The largest absolute Gasteiger partial charge is 0.118 e. The van der Waals surface area contributed by atoms with Crippen molar-refractivity contribution >= 4 is 28.6 Å². The number of benzene rings is 4. The number of thioether (sulfide) groups is 1. The molecule has 6 rings (SSSR count). The Morgan fingerprint density at radius 3 is 2.39 bits per heavy atom. The van der Waals surface area contributed by atoms with Crippen molar-refractivity contribution in [2.75, 3.05) is 0 Å². The minimum Gasteiger partial charge on any atom is -0.118 e. The maximum atomic E-state index is 2.42. The molecule has 4 aromatic rings. The van der Waals surface area contributed by atoms with E-state index in [-0.39, 0.29) is 0 Å². The van der Waals surface area contributed by atoms with E-state index >= 15 is 0 Å². The van der Waals surface area contributed by atoms with Crippen molar-refractivity contribution in [3.8, 4) is 0 Å². The lowest BCUT2D eigenvalue weighted by atomic mass is 9.71. The Bertz CT molecular complexity index is 1210. The maximum absolute atomic E-state index is 2.42. The van der Waals surface area contributed by atoms with Gasteiger partial charge < -0.3 is 0 Å². The highest BCUT2D eigenvalue weighted by Gasteiger charge is 2.41. The smallest absolute Gasteiger partial charge is 0.0355 e. The number of fused-ring (bicyclic) bond motifs is 6. The Balaban J connectivity index is 1.68. The third kappa shape index (κ3) is 2.40. The zero-order valence-corrected chi connectivity index (χ0v) is 16.3.